The van der Waals surface area contributed by atoms with E-state index in [0.29, 0.717) is 5.56 Å². The molecule has 1 aromatic heterocycles. The van der Waals surface area contributed by atoms with Crippen molar-refractivity contribution in [2.75, 3.05) is 5.32 Å². The number of hydrogen-bond donors (Lipinski definition) is 2. The summed E-state index contributed by atoms with van der Waals surface area (Å²) in [4.78, 5) is 15.3. The number of amides is 1. The molecule has 0 saturated carbocycles. The highest BCUT2D eigenvalue weighted by molar-refractivity contribution is 5.93. The highest BCUT2D eigenvalue weighted by atomic mass is 19.1. The molecule has 3 rings (SSSR count). The molecule has 0 aliphatic rings. The summed E-state index contributed by atoms with van der Waals surface area (Å²) in [6.07, 6.45) is 3.40. The maximum Gasteiger partial charge on any atom is 0.248 e. The molecule has 1 heterocycles. The Kier molecular flexibility index (Phi) is 4.01. The topological polar surface area (TPSA) is 68.0 Å². The Labute approximate surface area is 132 Å². The van der Waals surface area contributed by atoms with Gasteiger partial charge >= 0.3 is 0 Å². The van der Waals surface area contributed by atoms with Gasteiger partial charge in [0.1, 0.15) is 5.82 Å². The first-order chi connectivity index (χ1) is 11.1. The lowest BCUT2D eigenvalue weighted by molar-refractivity contribution is 0.100. The zero-order valence-electron chi connectivity index (χ0n) is 12.2. The van der Waals surface area contributed by atoms with Crippen LogP contribution in [0, 0.1) is 5.82 Å². The van der Waals surface area contributed by atoms with Crippen molar-refractivity contribution in [3.63, 3.8) is 0 Å². The predicted molar refractivity (Wildman–Crippen MR) is 87.9 cm³/mol. The van der Waals surface area contributed by atoms with E-state index in [9.17, 15) is 9.18 Å². The van der Waals surface area contributed by atoms with Gasteiger partial charge in [0, 0.05) is 34.9 Å². The maximum atomic E-state index is 13.0. The van der Waals surface area contributed by atoms with E-state index in [1.165, 1.54) is 12.1 Å². The fraction of sp³-hybridized carbons (Fsp3) is 0. The molecular formula is C18H14FN3O. The molecule has 0 unspecified atom stereocenters. The lowest BCUT2D eigenvalue weighted by Gasteiger charge is -2.12. The van der Waals surface area contributed by atoms with Crippen LogP contribution in [0.5, 0.6) is 0 Å². The van der Waals surface area contributed by atoms with E-state index in [2.05, 4.69) is 10.3 Å². The van der Waals surface area contributed by atoms with E-state index >= 15 is 0 Å². The van der Waals surface area contributed by atoms with Gasteiger partial charge in [-0.15, -0.1) is 0 Å². The molecular weight excluding hydrogens is 293 g/mol. The zero-order valence-corrected chi connectivity index (χ0v) is 12.2. The van der Waals surface area contributed by atoms with Crippen molar-refractivity contribution in [1.29, 1.82) is 0 Å². The molecule has 0 fully saturated rings. The second-order valence-electron chi connectivity index (χ2n) is 4.99. The van der Waals surface area contributed by atoms with Crippen LogP contribution >= 0.6 is 0 Å². The second-order valence-corrected chi connectivity index (χ2v) is 4.99. The Hall–Kier alpha value is -3.21. The van der Waals surface area contributed by atoms with Crippen molar-refractivity contribution in [3.05, 3.63) is 78.4 Å². The number of nitrogens with one attached hydrogen (secondary N) is 1. The van der Waals surface area contributed by atoms with Gasteiger partial charge in [-0.05, 0) is 48.0 Å². The lowest BCUT2D eigenvalue weighted by atomic mass is 10.0. The Balaban J connectivity index is 1.94. The molecule has 0 spiro atoms. The van der Waals surface area contributed by atoms with Gasteiger partial charge in [-0.25, -0.2) is 4.39 Å². The SMILES string of the molecule is NC(=O)c1ccc(-c2cnccc2Nc2ccc(F)cc2)cc1. The van der Waals surface area contributed by atoms with Crippen molar-refractivity contribution >= 4 is 17.3 Å². The van der Waals surface area contributed by atoms with Crippen LogP contribution in [-0.2, 0) is 0 Å². The van der Waals surface area contributed by atoms with Gasteiger partial charge in [-0.2, -0.15) is 0 Å². The average molecular weight is 307 g/mol. The lowest BCUT2D eigenvalue weighted by Crippen LogP contribution is -2.10. The molecule has 3 aromatic rings. The molecule has 0 atom stereocenters. The van der Waals surface area contributed by atoms with Gasteiger partial charge in [0.25, 0.3) is 0 Å². The van der Waals surface area contributed by atoms with Crippen LogP contribution in [-0.4, -0.2) is 10.9 Å². The van der Waals surface area contributed by atoms with E-state index in [1.54, 1.807) is 36.7 Å². The second kappa shape index (κ2) is 6.27. The smallest absolute Gasteiger partial charge is 0.248 e. The summed E-state index contributed by atoms with van der Waals surface area (Å²) in [6.45, 7) is 0. The Morgan fingerprint density at radius 3 is 2.35 bits per heavy atom. The Bertz CT molecular complexity index is 830. The first-order valence-electron chi connectivity index (χ1n) is 7.00. The number of pyridine rings is 1. The van der Waals surface area contributed by atoms with Crippen LogP contribution in [0.15, 0.2) is 67.0 Å². The fourth-order valence-electron chi connectivity index (χ4n) is 2.24. The molecule has 0 aliphatic heterocycles. The number of nitrogens with two attached hydrogens (primary N) is 1. The zero-order chi connectivity index (χ0) is 16.2. The van der Waals surface area contributed by atoms with Crippen molar-refractivity contribution in [3.8, 4) is 11.1 Å². The van der Waals surface area contributed by atoms with E-state index in [4.69, 9.17) is 5.73 Å². The number of halogens is 1. The molecule has 0 aliphatic carbocycles. The standard InChI is InChI=1S/C18H14FN3O/c19-14-5-7-15(8-6-14)22-17-9-10-21-11-16(17)12-1-3-13(4-2-12)18(20)23/h1-11H,(H2,20,23)(H,21,22). The van der Waals surface area contributed by atoms with Crippen molar-refractivity contribution in [2.24, 2.45) is 5.73 Å². The third-order valence-corrected chi connectivity index (χ3v) is 3.42. The number of primary amides is 1. The van der Waals surface area contributed by atoms with Crippen LogP contribution in [0.25, 0.3) is 11.1 Å². The molecule has 0 radical (unpaired) electrons. The first-order valence-corrected chi connectivity index (χ1v) is 7.00. The van der Waals surface area contributed by atoms with Crippen LogP contribution < -0.4 is 11.1 Å². The first kappa shape index (κ1) is 14.7. The highest BCUT2D eigenvalue weighted by Gasteiger charge is 2.07. The number of carbonyl (C=O) groups is 1. The molecule has 114 valence electrons. The van der Waals surface area contributed by atoms with Crippen molar-refractivity contribution < 1.29 is 9.18 Å². The number of rotatable bonds is 4. The quantitative estimate of drug-likeness (QED) is 0.771. The third-order valence-electron chi connectivity index (χ3n) is 3.42. The van der Waals surface area contributed by atoms with Gasteiger partial charge in [0.2, 0.25) is 5.91 Å². The average Bonchev–Trinajstić information content (AvgIpc) is 2.57. The normalized spacial score (nSPS) is 10.3. The van der Waals surface area contributed by atoms with Gasteiger partial charge in [-0.1, -0.05) is 12.1 Å². The molecule has 0 saturated heterocycles. The van der Waals surface area contributed by atoms with E-state index < -0.39 is 5.91 Å². The molecule has 4 nitrogen and oxygen atoms in total. The molecule has 3 N–H and O–H groups in total. The molecule has 0 bridgehead atoms. The fourth-order valence-corrected chi connectivity index (χ4v) is 2.24. The summed E-state index contributed by atoms with van der Waals surface area (Å²) in [7, 11) is 0. The van der Waals surface area contributed by atoms with Gasteiger partial charge in [0.15, 0.2) is 0 Å². The summed E-state index contributed by atoms with van der Waals surface area (Å²) in [5.41, 5.74) is 9.07. The van der Waals surface area contributed by atoms with Gasteiger partial charge in [0.05, 0.1) is 0 Å². The largest absolute Gasteiger partial charge is 0.366 e. The molecule has 1 amide bonds. The maximum absolute atomic E-state index is 13.0. The number of anilines is 2. The number of nitrogens with zero attached hydrogens (tertiary/aromatic N) is 1. The van der Waals surface area contributed by atoms with E-state index in [1.807, 2.05) is 18.2 Å². The Morgan fingerprint density at radius 2 is 1.70 bits per heavy atom. The van der Waals surface area contributed by atoms with Crippen LogP contribution in [0.4, 0.5) is 15.8 Å². The third kappa shape index (κ3) is 3.35. The molecule has 23 heavy (non-hydrogen) atoms. The van der Waals surface area contributed by atoms with Crippen molar-refractivity contribution in [2.45, 2.75) is 0 Å². The number of hydrogen-bond acceptors (Lipinski definition) is 3. The minimum Gasteiger partial charge on any atom is -0.366 e. The van der Waals surface area contributed by atoms with E-state index in [0.717, 1.165) is 22.5 Å². The monoisotopic (exact) mass is 307 g/mol. The van der Waals surface area contributed by atoms with Crippen molar-refractivity contribution in [1.82, 2.24) is 4.98 Å². The summed E-state index contributed by atoms with van der Waals surface area (Å²) in [6, 6.07) is 14.9. The molecule has 2 aromatic carbocycles. The summed E-state index contributed by atoms with van der Waals surface area (Å²) in [5, 5.41) is 3.24. The molecule has 5 heteroatoms. The summed E-state index contributed by atoms with van der Waals surface area (Å²) >= 11 is 0. The van der Waals surface area contributed by atoms with E-state index in [-0.39, 0.29) is 5.82 Å². The number of benzene rings is 2. The summed E-state index contributed by atoms with van der Waals surface area (Å²) in [5.74, 6) is -0.750. The van der Waals surface area contributed by atoms with Gasteiger partial charge in [-0.3, -0.25) is 9.78 Å². The van der Waals surface area contributed by atoms with Gasteiger partial charge < -0.3 is 11.1 Å². The summed E-state index contributed by atoms with van der Waals surface area (Å²) < 4.78 is 13.0. The Morgan fingerprint density at radius 1 is 1.00 bits per heavy atom. The number of carbonyl (C=O) groups excluding carboxylic acids is 1. The minimum atomic E-state index is -0.465. The van der Waals surface area contributed by atoms with Crippen LogP contribution in [0.1, 0.15) is 10.4 Å². The minimum absolute atomic E-state index is 0.285. The van der Waals surface area contributed by atoms with Crippen LogP contribution in [0.2, 0.25) is 0 Å². The number of aromatic nitrogens is 1. The predicted octanol–water partition coefficient (Wildman–Crippen LogP) is 3.73. The highest BCUT2D eigenvalue weighted by Crippen LogP contribution is 2.29. The van der Waals surface area contributed by atoms with Crippen LogP contribution in [0.3, 0.4) is 0 Å².